The molecule has 0 spiro atoms. The van der Waals surface area contributed by atoms with Crippen LogP contribution >= 0.6 is 27.5 Å². The molecule has 0 fully saturated rings. The van der Waals surface area contributed by atoms with E-state index in [2.05, 4.69) is 21.2 Å². The van der Waals surface area contributed by atoms with Crippen LogP contribution in [0.1, 0.15) is 30.6 Å². The Hall–Kier alpha value is -0.740. The second-order valence-electron chi connectivity index (χ2n) is 4.24. The summed E-state index contributed by atoms with van der Waals surface area (Å²) >= 11 is 9.26. The van der Waals surface area contributed by atoms with E-state index < -0.39 is 0 Å². The Morgan fingerprint density at radius 3 is 2.72 bits per heavy atom. The lowest BCUT2D eigenvalue weighted by Crippen LogP contribution is -2.34. The lowest BCUT2D eigenvalue weighted by molar-refractivity contribution is 0.0937. The summed E-state index contributed by atoms with van der Waals surface area (Å²) in [6.45, 7) is 3.84. The van der Waals surface area contributed by atoms with E-state index in [9.17, 15) is 4.79 Å². The highest BCUT2D eigenvalue weighted by Gasteiger charge is 2.15. The van der Waals surface area contributed by atoms with Crippen LogP contribution in [0.2, 0.25) is 0 Å². The fourth-order valence-electron chi connectivity index (χ4n) is 1.65. The minimum atomic E-state index is -0.134. The number of ether oxygens (including phenoxy) is 1. The zero-order chi connectivity index (χ0) is 13.7. The molecule has 0 aliphatic rings. The molecule has 3 nitrogen and oxygen atoms in total. The quantitative estimate of drug-likeness (QED) is 0.836. The Labute approximate surface area is 121 Å². The topological polar surface area (TPSA) is 38.3 Å². The van der Waals surface area contributed by atoms with Crippen LogP contribution in [0, 0.1) is 0 Å². The molecule has 1 amide bonds. The Kier molecular flexibility index (Phi) is 5.96. The molecule has 100 valence electrons. The van der Waals surface area contributed by atoms with Gasteiger partial charge in [0.25, 0.3) is 5.91 Å². The van der Waals surface area contributed by atoms with Gasteiger partial charge in [-0.3, -0.25) is 4.79 Å². The van der Waals surface area contributed by atoms with Gasteiger partial charge in [-0.1, -0.05) is 0 Å². The highest BCUT2D eigenvalue weighted by molar-refractivity contribution is 9.10. The van der Waals surface area contributed by atoms with E-state index in [-0.39, 0.29) is 17.3 Å². The van der Waals surface area contributed by atoms with Gasteiger partial charge in [-0.25, -0.2) is 0 Å². The number of nitrogens with one attached hydrogen (secondary N) is 1. The largest absolute Gasteiger partial charge is 0.497 e. The number of hydrogen-bond acceptors (Lipinski definition) is 2. The number of amides is 1. The average molecular weight is 335 g/mol. The van der Waals surface area contributed by atoms with Crippen LogP contribution < -0.4 is 10.1 Å². The number of carbonyl (C=O) groups excluding carboxylic acids is 1. The second kappa shape index (κ2) is 7.00. The monoisotopic (exact) mass is 333 g/mol. The predicted molar refractivity (Wildman–Crippen MR) is 77.6 cm³/mol. The van der Waals surface area contributed by atoms with Gasteiger partial charge in [0, 0.05) is 15.9 Å². The van der Waals surface area contributed by atoms with Crippen molar-refractivity contribution < 1.29 is 9.53 Å². The zero-order valence-electron chi connectivity index (χ0n) is 10.7. The van der Waals surface area contributed by atoms with Gasteiger partial charge in [0.05, 0.1) is 12.7 Å². The highest BCUT2D eigenvalue weighted by Crippen LogP contribution is 2.22. The van der Waals surface area contributed by atoms with E-state index >= 15 is 0 Å². The molecule has 0 aliphatic heterocycles. The van der Waals surface area contributed by atoms with E-state index in [1.54, 1.807) is 25.3 Å². The van der Waals surface area contributed by atoms with Crippen LogP contribution in [0.25, 0.3) is 0 Å². The van der Waals surface area contributed by atoms with Gasteiger partial charge in [0.1, 0.15) is 5.75 Å². The average Bonchev–Trinajstić information content (AvgIpc) is 2.28. The summed E-state index contributed by atoms with van der Waals surface area (Å²) in [5.41, 5.74) is 0.559. The number of benzene rings is 1. The molecular weight excluding hydrogens is 318 g/mol. The molecule has 1 aromatic rings. The van der Waals surface area contributed by atoms with E-state index in [1.165, 1.54) is 0 Å². The first-order chi connectivity index (χ1) is 8.43. The highest BCUT2D eigenvalue weighted by atomic mass is 79.9. The summed E-state index contributed by atoms with van der Waals surface area (Å²) in [4.78, 5) is 12.1. The van der Waals surface area contributed by atoms with Gasteiger partial charge in [-0.2, -0.15) is 0 Å². The fraction of sp³-hybridized carbons (Fsp3) is 0.462. The molecule has 0 saturated carbocycles. The summed E-state index contributed by atoms with van der Waals surface area (Å²) < 4.78 is 5.85. The van der Waals surface area contributed by atoms with Gasteiger partial charge in [0.15, 0.2) is 0 Å². The van der Waals surface area contributed by atoms with Gasteiger partial charge in [0.2, 0.25) is 0 Å². The molecular formula is C13H17BrClNO2. The van der Waals surface area contributed by atoms with E-state index in [0.717, 1.165) is 10.9 Å². The Balaban J connectivity index is 2.77. The molecule has 0 aliphatic carbocycles. The van der Waals surface area contributed by atoms with Crippen LogP contribution in [0.3, 0.4) is 0 Å². The van der Waals surface area contributed by atoms with Crippen molar-refractivity contribution in [3.05, 3.63) is 28.2 Å². The predicted octanol–water partition coefficient (Wildman–Crippen LogP) is 3.59. The van der Waals surface area contributed by atoms with Crippen LogP contribution in [0.15, 0.2) is 22.7 Å². The second-order valence-corrected chi connectivity index (χ2v) is 5.84. The molecule has 2 atom stereocenters. The lowest BCUT2D eigenvalue weighted by Gasteiger charge is -2.16. The number of rotatable bonds is 5. The van der Waals surface area contributed by atoms with Gasteiger partial charge < -0.3 is 10.1 Å². The van der Waals surface area contributed by atoms with Crippen molar-refractivity contribution >= 4 is 33.4 Å². The van der Waals surface area contributed by atoms with Crippen LogP contribution in [0.5, 0.6) is 5.75 Å². The number of halogens is 2. The lowest BCUT2D eigenvalue weighted by atomic mass is 10.1. The van der Waals surface area contributed by atoms with Crippen molar-refractivity contribution in [3.8, 4) is 5.75 Å². The standard InChI is InChI=1S/C13H17BrClNO2/c1-8(15)6-9(2)16-13(17)11-7-10(18-3)4-5-12(11)14/h4-5,7-9H,6H2,1-3H3,(H,16,17). The zero-order valence-corrected chi connectivity index (χ0v) is 13.0. The van der Waals surface area contributed by atoms with Crippen LogP contribution in [0.4, 0.5) is 0 Å². The summed E-state index contributed by atoms with van der Waals surface area (Å²) in [7, 11) is 1.57. The number of carbonyl (C=O) groups is 1. The van der Waals surface area contributed by atoms with Crippen molar-refractivity contribution in [3.63, 3.8) is 0 Å². The van der Waals surface area contributed by atoms with Crippen LogP contribution in [-0.4, -0.2) is 24.4 Å². The smallest absolute Gasteiger partial charge is 0.252 e. The van der Waals surface area contributed by atoms with Crippen molar-refractivity contribution in [2.45, 2.75) is 31.7 Å². The van der Waals surface area contributed by atoms with Crippen molar-refractivity contribution in [2.75, 3.05) is 7.11 Å². The molecule has 0 radical (unpaired) electrons. The third-order valence-electron chi connectivity index (χ3n) is 2.47. The van der Waals surface area contributed by atoms with Gasteiger partial charge >= 0.3 is 0 Å². The van der Waals surface area contributed by atoms with E-state index in [1.807, 2.05) is 13.8 Å². The maximum Gasteiger partial charge on any atom is 0.252 e. The van der Waals surface area contributed by atoms with E-state index in [0.29, 0.717) is 11.3 Å². The van der Waals surface area contributed by atoms with Crippen LogP contribution in [-0.2, 0) is 0 Å². The van der Waals surface area contributed by atoms with Crippen molar-refractivity contribution in [1.82, 2.24) is 5.32 Å². The molecule has 0 saturated heterocycles. The molecule has 0 heterocycles. The summed E-state index contributed by atoms with van der Waals surface area (Å²) in [6, 6.07) is 5.33. The molecule has 0 aromatic heterocycles. The third kappa shape index (κ3) is 4.50. The molecule has 5 heteroatoms. The molecule has 1 aromatic carbocycles. The molecule has 18 heavy (non-hydrogen) atoms. The van der Waals surface area contributed by atoms with Gasteiger partial charge in [-0.05, 0) is 54.4 Å². The van der Waals surface area contributed by atoms with E-state index in [4.69, 9.17) is 16.3 Å². The maximum absolute atomic E-state index is 12.1. The minimum Gasteiger partial charge on any atom is -0.497 e. The molecule has 0 bridgehead atoms. The normalized spacial score (nSPS) is 13.8. The Bertz CT molecular complexity index is 423. The maximum atomic E-state index is 12.1. The number of hydrogen-bond donors (Lipinski definition) is 1. The first-order valence-corrected chi connectivity index (χ1v) is 6.95. The molecule has 1 rings (SSSR count). The third-order valence-corrected chi connectivity index (χ3v) is 3.34. The first-order valence-electron chi connectivity index (χ1n) is 5.72. The molecule has 1 N–H and O–H groups in total. The first kappa shape index (κ1) is 15.3. The summed E-state index contributed by atoms with van der Waals surface area (Å²) in [6.07, 6.45) is 0.731. The SMILES string of the molecule is COc1ccc(Br)c(C(=O)NC(C)CC(C)Cl)c1. The Morgan fingerprint density at radius 2 is 2.17 bits per heavy atom. The number of alkyl halides is 1. The van der Waals surface area contributed by atoms with Gasteiger partial charge in [-0.15, -0.1) is 11.6 Å². The van der Waals surface area contributed by atoms with Crippen molar-refractivity contribution in [1.29, 1.82) is 0 Å². The van der Waals surface area contributed by atoms with Crippen molar-refractivity contribution in [2.24, 2.45) is 0 Å². The minimum absolute atomic E-state index is 0.0306. The summed E-state index contributed by atoms with van der Waals surface area (Å²) in [5.74, 6) is 0.521. The number of methoxy groups -OCH3 is 1. The fourth-order valence-corrected chi connectivity index (χ4v) is 2.35. The Morgan fingerprint density at radius 1 is 1.50 bits per heavy atom. The summed E-state index contributed by atoms with van der Waals surface area (Å²) in [5, 5.41) is 2.95. The molecule has 2 unspecified atom stereocenters.